The Morgan fingerprint density at radius 2 is 2.19 bits per heavy atom. The lowest BCUT2D eigenvalue weighted by molar-refractivity contribution is -0.571. The smallest absolute Gasteiger partial charge is 0.298 e. The van der Waals surface area contributed by atoms with Crippen molar-refractivity contribution in [3.05, 3.63) is 44.2 Å². The van der Waals surface area contributed by atoms with Gasteiger partial charge in [0.2, 0.25) is 0 Å². The van der Waals surface area contributed by atoms with Crippen molar-refractivity contribution in [3.8, 4) is 0 Å². The van der Waals surface area contributed by atoms with Gasteiger partial charge >= 0.3 is 0 Å². The molecule has 88 valence electrons. The highest BCUT2D eigenvalue weighted by Gasteiger charge is 2.51. The molecule has 0 amide bonds. The molecule has 16 heavy (non-hydrogen) atoms. The van der Waals surface area contributed by atoms with Gasteiger partial charge in [0.15, 0.2) is 6.10 Å². The van der Waals surface area contributed by atoms with Crippen molar-refractivity contribution in [1.82, 2.24) is 0 Å². The third-order valence-corrected chi connectivity index (χ3v) is 2.39. The van der Waals surface area contributed by atoms with Crippen LogP contribution in [-0.2, 0) is 4.74 Å². The van der Waals surface area contributed by atoms with Crippen LogP contribution < -0.4 is 0 Å². The molecule has 0 bridgehead atoms. The largest absolute Gasteiger partial charge is 0.388 e. The van der Waals surface area contributed by atoms with Gasteiger partial charge in [0, 0.05) is 18.1 Å². The van der Waals surface area contributed by atoms with Crippen LogP contribution in [0.25, 0.3) is 0 Å². The molecule has 1 aliphatic rings. The molecule has 1 aliphatic carbocycles. The lowest BCUT2D eigenvalue weighted by Crippen LogP contribution is -2.52. The molecular weight excluding hydrogens is 220 g/mol. The van der Waals surface area contributed by atoms with E-state index in [-0.39, 0.29) is 0 Å². The van der Waals surface area contributed by atoms with Gasteiger partial charge in [-0.1, -0.05) is 0 Å². The van der Waals surface area contributed by atoms with Crippen LogP contribution in [0.4, 0.5) is 0 Å². The van der Waals surface area contributed by atoms with Crippen LogP contribution >= 0.6 is 0 Å². The zero-order chi connectivity index (χ0) is 12.3. The first-order valence-electron chi connectivity index (χ1n) is 4.31. The van der Waals surface area contributed by atoms with E-state index in [1.54, 1.807) is 0 Å². The second kappa shape index (κ2) is 4.37. The van der Waals surface area contributed by atoms with Crippen LogP contribution in [-0.4, -0.2) is 40.3 Å². The number of ether oxygens (including phenoxy) is 1. The molecule has 0 saturated carbocycles. The summed E-state index contributed by atoms with van der Waals surface area (Å²) >= 11 is 0. The Hall–Kier alpha value is -1.80. The first kappa shape index (κ1) is 12.3. The number of nitro groups is 2. The molecule has 8 nitrogen and oxygen atoms in total. The summed E-state index contributed by atoms with van der Waals surface area (Å²) in [5.74, 6) is 0. The number of allylic oxidation sites excluding steroid dienone is 1. The average Bonchev–Trinajstić information content (AvgIpc) is 2.27. The van der Waals surface area contributed by atoms with Gasteiger partial charge in [-0.2, -0.15) is 0 Å². The van der Waals surface area contributed by atoms with Gasteiger partial charge in [-0.15, -0.1) is 0 Å². The highest BCUT2D eigenvalue weighted by molar-refractivity contribution is 5.27. The van der Waals surface area contributed by atoms with Crippen LogP contribution in [0.15, 0.2) is 23.9 Å². The molecule has 0 aromatic carbocycles. The van der Waals surface area contributed by atoms with Crippen LogP contribution in [0.2, 0.25) is 0 Å². The summed E-state index contributed by atoms with van der Waals surface area (Å²) in [6.07, 6.45) is 2.08. The third kappa shape index (κ3) is 1.79. The maximum absolute atomic E-state index is 10.9. The van der Waals surface area contributed by atoms with Crippen LogP contribution in [0.1, 0.15) is 0 Å². The van der Waals surface area contributed by atoms with Crippen molar-refractivity contribution in [2.45, 2.75) is 11.6 Å². The molecule has 2 atom stereocenters. The van der Waals surface area contributed by atoms with Crippen molar-refractivity contribution >= 4 is 0 Å². The van der Waals surface area contributed by atoms with E-state index in [0.29, 0.717) is 0 Å². The van der Waals surface area contributed by atoms with E-state index in [1.165, 1.54) is 13.2 Å². The molecule has 0 aliphatic heterocycles. The van der Waals surface area contributed by atoms with Crippen LogP contribution in [0, 0.1) is 20.2 Å². The second-order valence-electron chi connectivity index (χ2n) is 3.25. The fraction of sp³-hybridized carbons (Fsp3) is 0.500. The molecule has 0 aromatic heterocycles. The molecular formula is C8H10N2O6. The summed E-state index contributed by atoms with van der Waals surface area (Å²) in [5, 5.41) is 30.5. The van der Waals surface area contributed by atoms with E-state index in [1.807, 2.05) is 0 Å². The highest BCUT2D eigenvalue weighted by atomic mass is 16.6. The number of rotatable bonds is 4. The number of methoxy groups -OCH3 is 1. The van der Waals surface area contributed by atoms with Gasteiger partial charge < -0.3 is 9.84 Å². The van der Waals surface area contributed by atoms with Gasteiger partial charge in [0.25, 0.3) is 11.2 Å². The third-order valence-electron chi connectivity index (χ3n) is 2.39. The maximum Gasteiger partial charge on any atom is 0.298 e. The summed E-state index contributed by atoms with van der Waals surface area (Å²) in [6.45, 7) is -0.875. The molecule has 0 fully saturated rings. The lowest BCUT2D eigenvalue weighted by Gasteiger charge is -2.27. The van der Waals surface area contributed by atoms with Gasteiger partial charge in [-0.05, 0) is 6.08 Å². The quantitative estimate of drug-likeness (QED) is 0.525. The molecule has 8 heteroatoms. The van der Waals surface area contributed by atoms with Gasteiger partial charge in [-0.25, -0.2) is 0 Å². The fourth-order valence-electron chi connectivity index (χ4n) is 1.49. The molecule has 0 aromatic rings. The van der Waals surface area contributed by atoms with Gasteiger partial charge in [0.1, 0.15) is 6.61 Å². The number of aliphatic hydroxyl groups excluding tert-OH is 1. The molecule has 0 radical (unpaired) electrons. The lowest BCUT2D eigenvalue weighted by atomic mass is 9.88. The molecule has 1 rings (SSSR count). The van der Waals surface area contributed by atoms with Crippen molar-refractivity contribution < 1.29 is 19.7 Å². The summed E-state index contributed by atoms with van der Waals surface area (Å²) < 4.78 is 4.83. The van der Waals surface area contributed by atoms with E-state index in [9.17, 15) is 20.2 Å². The molecule has 0 spiro atoms. The standard InChI is InChI=1S/C8H10N2O6/c1-16-7-3-2-6(9(12)13)4-8(7,5-11)10(14)15/h2-4,7,11H,5H2,1H3. The molecule has 0 saturated heterocycles. The second-order valence-corrected chi connectivity index (χ2v) is 3.25. The minimum atomic E-state index is -1.99. The predicted octanol–water partition coefficient (Wildman–Crippen LogP) is -0.260. The normalized spacial score (nSPS) is 28.6. The minimum Gasteiger partial charge on any atom is -0.388 e. The van der Waals surface area contributed by atoms with E-state index in [4.69, 9.17) is 9.84 Å². The highest BCUT2D eigenvalue weighted by Crippen LogP contribution is 2.27. The Labute approximate surface area is 90.1 Å². The van der Waals surface area contributed by atoms with E-state index in [2.05, 4.69) is 0 Å². The fourth-order valence-corrected chi connectivity index (χ4v) is 1.49. The maximum atomic E-state index is 10.9. The summed E-state index contributed by atoms with van der Waals surface area (Å²) in [5.41, 5.74) is -2.43. The Balaban J connectivity index is 3.24. The van der Waals surface area contributed by atoms with Gasteiger partial charge in [-0.3, -0.25) is 20.2 Å². The zero-order valence-electron chi connectivity index (χ0n) is 8.40. The van der Waals surface area contributed by atoms with Crippen molar-refractivity contribution in [2.24, 2.45) is 0 Å². The van der Waals surface area contributed by atoms with E-state index < -0.39 is 33.8 Å². The molecule has 2 unspecified atom stereocenters. The summed E-state index contributed by atoms with van der Waals surface area (Å²) in [6, 6.07) is 0. The minimum absolute atomic E-state index is 0.431. The van der Waals surface area contributed by atoms with Crippen LogP contribution in [0.5, 0.6) is 0 Å². The Morgan fingerprint density at radius 1 is 1.56 bits per heavy atom. The first-order valence-corrected chi connectivity index (χ1v) is 4.31. The first-order chi connectivity index (χ1) is 7.47. The average molecular weight is 230 g/mol. The molecule has 1 N–H and O–H groups in total. The number of aliphatic hydroxyl groups is 1. The number of hydrogen-bond acceptors (Lipinski definition) is 6. The van der Waals surface area contributed by atoms with Crippen molar-refractivity contribution in [2.75, 3.05) is 13.7 Å². The van der Waals surface area contributed by atoms with Gasteiger partial charge in [0.05, 0.1) is 11.0 Å². The van der Waals surface area contributed by atoms with E-state index >= 15 is 0 Å². The predicted molar refractivity (Wildman–Crippen MR) is 51.8 cm³/mol. The topological polar surface area (TPSA) is 116 Å². The van der Waals surface area contributed by atoms with Crippen molar-refractivity contribution in [3.63, 3.8) is 0 Å². The zero-order valence-corrected chi connectivity index (χ0v) is 8.40. The molecule has 0 heterocycles. The van der Waals surface area contributed by atoms with E-state index in [0.717, 1.165) is 12.2 Å². The number of hydrogen-bond donors (Lipinski definition) is 1. The summed E-state index contributed by atoms with van der Waals surface area (Å²) in [4.78, 5) is 19.9. The summed E-state index contributed by atoms with van der Waals surface area (Å²) in [7, 11) is 1.23. The Kier molecular flexibility index (Phi) is 3.35. The monoisotopic (exact) mass is 230 g/mol. The Morgan fingerprint density at radius 3 is 2.56 bits per heavy atom. The Bertz CT molecular complexity index is 377. The van der Waals surface area contributed by atoms with Crippen molar-refractivity contribution in [1.29, 1.82) is 0 Å². The number of nitrogens with zero attached hydrogens (tertiary/aromatic N) is 2. The SMILES string of the molecule is COC1C=CC([N+](=O)[O-])=CC1(CO)[N+](=O)[O-]. The van der Waals surface area contributed by atoms with Crippen LogP contribution in [0.3, 0.4) is 0 Å².